The van der Waals surface area contributed by atoms with Gasteiger partial charge in [0.2, 0.25) is 0 Å². The van der Waals surface area contributed by atoms with Gasteiger partial charge in [-0.1, -0.05) is 6.07 Å². The molecule has 1 aromatic heterocycles. The molecular weight excluding hydrogens is 192 g/mol. The minimum absolute atomic E-state index is 0.778. The third-order valence-corrected chi connectivity index (χ3v) is 2.71. The van der Waals surface area contributed by atoms with Gasteiger partial charge in [-0.15, -0.1) is 0 Å². The molecule has 0 bridgehead atoms. The van der Waals surface area contributed by atoms with Crippen molar-refractivity contribution in [3.05, 3.63) is 36.1 Å². The first-order chi connectivity index (χ1) is 7.01. The van der Waals surface area contributed by atoms with E-state index in [-0.39, 0.29) is 0 Å². The molecule has 1 N–H and O–H groups in total. The van der Waals surface area contributed by atoms with Gasteiger partial charge in [0, 0.05) is 5.39 Å². The van der Waals surface area contributed by atoms with Crippen molar-refractivity contribution in [3.8, 4) is 0 Å². The van der Waals surface area contributed by atoms with Crippen molar-refractivity contribution in [1.29, 1.82) is 0 Å². The van der Waals surface area contributed by atoms with Gasteiger partial charge in [-0.25, -0.2) is 0 Å². The summed E-state index contributed by atoms with van der Waals surface area (Å²) in [5.41, 5.74) is 0.690. The molecule has 3 nitrogen and oxygen atoms in total. The molecule has 2 rings (SSSR count). The number of carboxylic acids is 1. The van der Waals surface area contributed by atoms with Crippen LogP contribution in [0, 0.1) is 0 Å². The van der Waals surface area contributed by atoms with Gasteiger partial charge >= 0.3 is 5.97 Å². The van der Waals surface area contributed by atoms with Crippen LogP contribution in [-0.4, -0.2) is 11.1 Å². The van der Waals surface area contributed by atoms with Gasteiger partial charge in [0.25, 0.3) is 0 Å². The molecule has 1 aromatic carbocycles. The molecule has 0 unspecified atom stereocenters. The summed E-state index contributed by atoms with van der Waals surface area (Å²) in [6.07, 6.45) is 1.60. The number of carboxylic acid groups (broad SMARTS) is 1. The minimum atomic E-state index is -0.870. The van der Waals surface area contributed by atoms with Crippen molar-refractivity contribution in [3.63, 3.8) is 0 Å². The van der Waals surface area contributed by atoms with Gasteiger partial charge in [-0.05, 0) is 37.6 Å². The zero-order valence-corrected chi connectivity index (χ0v) is 8.65. The monoisotopic (exact) mass is 204 g/mol. The fourth-order valence-electron chi connectivity index (χ4n) is 1.48. The quantitative estimate of drug-likeness (QED) is 0.818. The van der Waals surface area contributed by atoms with Crippen LogP contribution in [0.3, 0.4) is 0 Å². The fourth-order valence-corrected chi connectivity index (χ4v) is 1.48. The maximum Gasteiger partial charge on any atom is 0.313 e. The Kier molecular flexibility index (Phi) is 2.03. The molecule has 0 saturated heterocycles. The fraction of sp³-hybridized carbons (Fsp3) is 0.250. The molecule has 78 valence electrons. The number of rotatable bonds is 2. The van der Waals surface area contributed by atoms with Crippen LogP contribution in [0.25, 0.3) is 11.0 Å². The Balaban J connectivity index is 2.57. The van der Waals surface area contributed by atoms with Crippen molar-refractivity contribution < 1.29 is 14.3 Å². The average molecular weight is 204 g/mol. The number of hydrogen-bond donors (Lipinski definition) is 1. The first kappa shape index (κ1) is 9.77. The van der Waals surface area contributed by atoms with E-state index >= 15 is 0 Å². The van der Waals surface area contributed by atoms with Gasteiger partial charge < -0.3 is 9.52 Å². The number of furan rings is 1. The smallest absolute Gasteiger partial charge is 0.313 e. The van der Waals surface area contributed by atoms with E-state index in [2.05, 4.69) is 0 Å². The van der Waals surface area contributed by atoms with E-state index in [0.717, 1.165) is 16.5 Å². The summed E-state index contributed by atoms with van der Waals surface area (Å²) in [5, 5.41) is 10.0. The van der Waals surface area contributed by atoms with E-state index in [9.17, 15) is 4.79 Å². The van der Waals surface area contributed by atoms with E-state index in [1.165, 1.54) is 0 Å². The van der Waals surface area contributed by atoms with Crippen molar-refractivity contribution in [2.75, 3.05) is 0 Å². The van der Waals surface area contributed by atoms with E-state index in [1.54, 1.807) is 32.2 Å². The van der Waals surface area contributed by atoms with Gasteiger partial charge in [-0.3, -0.25) is 4.79 Å². The molecule has 15 heavy (non-hydrogen) atoms. The molecule has 0 aliphatic carbocycles. The highest BCUT2D eigenvalue weighted by atomic mass is 16.4. The second-order valence-electron chi connectivity index (χ2n) is 4.10. The largest absolute Gasteiger partial charge is 0.481 e. The first-order valence-corrected chi connectivity index (χ1v) is 4.73. The van der Waals surface area contributed by atoms with Crippen LogP contribution in [-0.2, 0) is 10.2 Å². The first-order valence-electron chi connectivity index (χ1n) is 4.73. The molecule has 0 spiro atoms. The van der Waals surface area contributed by atoms with Crippen LogP contribution in [0.2, 0.25) is 0 Å². The number of benzene rings is 1. The Morgan fingerprint density at radius 1 is 1.33 bits per heavy atom. The molecule has 0 aliphatic heterocycles. The van der Waals surface area contributed by atoms with E-state index in [0.29, 0.717) is 0 Å². The lowest BCUT2D eigenvalue weighted by Crippen LogP contribution is -2.28. The minimum Gasteiger partial charge on any atom is -0.481 e. The molecule has 0 aliphatic rings. The summed E-state index contributed by atoms with van der Waals surface area (Å²) in [5.74, 6) is -0.828. The molecule has 0 radical (unpaired) electrons. The summed E-state index contributed by atoms with van der Waals surface area (Å²) in [4.78, 5) is 11.1. The molecule has 3 heteroatoms. The third-order valence-electron chi connectivity index (χ3n) is 2.71. The highest BCUT2D eigenvalue weighted by Gasteiger charge is 2.29. The Labute approximate surface area is 87.3 Å². The predicted molar refractivity (Wildman–Crippen MR) is 56.9 cm³/mol. The molecule has 0 saturated carbocycles. The van der Waals surface area contributed by atoms with Crippen LogP contribution in [0.5, 0.6) is 0 Å². The van der Waals surface area contributed by atoms with Gasteiger partial charge in [-0.2, -0.15) is 0 Å². The highest BCUT2D eigenvalue weighted by molar-refractivity contribution is 5.84. The number of carbonyl (C=O) groups is 1. The maximum absolute atomic E-state index is 11.1. The van der Waals surface area contributed by atoms with Crippen LogP contribution in [0.1, 0.15) is 19.4 Å². The molecule has 2 aromatic rings. The molecule has 0 atom stereocenters. The maximum atomic E-state index is 11.1. The van der Waals surface area contributed by atoms with Crippen LogP contribution < -0.4 is 0 Å². The SMILES string of the molecule is CC(C)(C(=O)O)c1ccc2occc2c1. The zero-order chi connectivity index (χ0) is 11.1. The van der Waals surface area contributed by atoms with Gasteiger partial charge in [0.1, 0.15) is 5.58 Å². The predicted octanol–water partition coefficient (Wildman–Crippen LogP) is 2.80. The summed E-state index contributed by atoms with van der Waals surface area (Å²) < 4.78 is 5.20. The highest BCUT2D eigenvalue weighted by Crippen LogP contribution is 2.27. The lowest BCUT2D eigenvalue weighted by molar-refractivity contribution is -0.142. The lowest BCUT2D eigenvalue weighted by Gasteiger charge is -2.19. The zero-order valence-electron chi connectivity index (χ0n) is 8.65. The van der Waals surface area contributed by atoms with Crippen molar-refractivity contribution in [1.82, 2.24) is 0 Å². The van der Waals surface area contributed by atoms with Crippen LogP contribution >= 0.6 is 0 Å². The normalized spacial score (nSPS) is 11.9. The molecule has 1 heterocycles. The Hall–Kier alpha value is -1.77. The topological polar surface area (TPSA) is 50.4 Å². The van der Waals surface area contributed by atoms with Crippen LogP contribution in [0.4, 0.5) is 0 Å². The number of fused-ring (bicyclic) bond motifs is 1. The van der Waals surface area contributed by atoms with Crippen molar-refractivity contribution >= 4 is 16.9 Å². The second-order valence-corrected chi connectivity index (χ2v) is 4.10. The number of aliphatic carboxylic acids is 1. The summed E-state index contributed by atoms with van der Waals surface area (Å²) >= 11 is 0. The average Bonchev–Trinajstić information content (AvgIpc) is 2.63. The van der Waals surface area contributed by atoms with Crippen LogP contribution in [0.15, 0.2) is 34.9 Å². The molecule has 0 fully saturated rings. The summed E-state index contributed by atoms with van der Waals surface area (Å²) in [6.45, 7) is 3.38. The summed E-state index contributed by atoms with van der Waals surface area (Å²) in [7, 11) is 0. The van der Waals surface area contributed by atoms with E-state index < -0.39 is 11.4 Å². The molecular formula is C12H12O3. The van der Waals surface area contributed by atoms with Crippen molar-refractivity contribution in [2.24, 2.45) is 0 Å². The Morgan fingerprint density at radius 2 is 2.07 bits per heavy atom. The van der Waals surface area contributed by atoms with Crippen molar-refractivity contribution in [2.45, 2.75) is 19.3 Å². The Morgan fingerprint density at radius 3 is 2.73 bits per heavy atom. The number of hydrogen-bond acceptors (Lipinski definition) is 2. The van der Waals surface area contributed by atoms with E-state index in [4.69, 9.17) is 9.52 Å². The standard InChI is InChI=1S/C12H12O3/c1-12(2,11(13)14)9-3-4-10-8(7-9)5-6-15-10/h3-7H,1-2H3,(H,13,14). The Bertz CT molecular complexity index is 508. The molecule has 0 amide bonds. The summed E-state index contributed by atoms with van der Waals surface area (Å²) in [6, 6.07) is 7.28. The van der Waals surface area contributed by atoms with E-state index in [1.807, 2.05) is 12.1 Å². The second kappa shape index (κ2) is 3.12. The third kappa shape index (κ3) is 1.50. The lowest BCUT2D eigenvalue weighted by atomic mass is 9.84. The van der Waals surface area contributed by atoms with Gasteiger partial charge in [0.05, 0.1) is 11.7 Å². The van der Waals surface area contributed by atoms with Gasteiger partial charge in [0.15, 0.2) is 0 Å².